The Hall–Kier alpha value is -2.67. The number of ether oxygens (including phenoxy) is 1. The number of likely N-dealkylation sites (tertiary alicyclic amines) is 1. The Morgan fingerprint density at radius 2 is 2.18 bits per heavy atom. The van der Waals surface area contributed by atoms with Crippen LogP contribution in [0.5, 0.6) is 11.5 Å². The van der Waals surface area contributed by atoms with Gasteiger partial charge in [-0.05, 0) is 45.0 Å². The minimum absolute atomic E-state index is 0.256. The second kappa shape index (κ2) is 6.74. The molecule has 4 heterocycles. The highest BCUT2D eigenvalue weighted by Crippen LogP contribution is 2.41. The zero-order valence-corrected chi connectivity index (χ0v) is 16.4. The first-order valence-electron chi connectivity index (χ1n) is 10.1. The van der Waals surface area contributed by atoms with E-state index < -0.39 is 0 Å². The molecule has 5 rings (SSSR count). The summed E-state index contributed by atoms with van der Waals surface area (Å²) in [5, 5.41) is 19.9. The van der Waals surface area contributed by atoms with Crippen molar-refractivity contribution in [2.45, 2.75) is 38.6 Å². The fourth-order valence-electron chi connectivity index (χ4n) is 4.57. The number of hydrogen-bond donors (Lipinski definition) is 1. The van der Waals surface area contributed by atoms with E-state index in [-0.39, 0.29) is 5.75 Å². The van der Waals surface area contributed by atoms with Crippen LogP contribution in [-0.2, 0) is 12.8 Å². The normalized spacial score (nSPS) is 19.7. The summed E-state index contributed by atoms with van der Waals surface area (Å²) in [4.78, 5) is 7.07. The number of likely N-dealkylation sites (N-methyl/N-ethyl adjacent to an activating group) is 1. The van der Waals surface area contributed by atoms with Crippen molar-refractivity contribution >= 4 is 11.2 Å². The molecule has 0 amide bonds. The van der Waals surface area contributed by atoms with Crippen LogP contribution in [0.3, 0.4) is 0 Å². The van der Waals surface area contributed by atoms with Crippen molar-refractivity contribution in [2.75, 3.05) is 26.7 Å². The van der Waals surface area contributed by atoms with Gasteiger partial charge in [-0.1, -0.05) is 6.92 Å². The number of hydrogen-bond acceptors (Lipinski definition) is 6. The number of rotatable bonds is 3. The molecule has 1 fully saturated rings. The molecular weight excluding hydrogens is 354 g/mol. The summed E-state index contributed by atoms with van der Waals surface area (Å²) in [7, 11) is 2.16. The molecule has 1 N–H and O–H groups in total. The number of phenols is 1. The molecule has 2 aliphatic rings. The van der Waals surface area contributed by atoms with Crippen molar-refractivity contribution in [3.8, 4) is 22.8 Å². The minimum atomic E-state index is 0.256. The van der Waals surface area contributed by atoms with Crippen LogP contribution in [0.2, 0.25) is 0 Å². The van der Waals surface area contributed by atoms with Crippen molar-refractivity contribution in [1.82, 2.24) is 24.6 Å². The predicted molar refractivity (Wildman–Crippen MR) is 107 cm³/mol. The van der Waals surface area contributed by atoms with E-state index in [1.54, 1.807) is 0 Å². The number of imidazole rings is 1. The van der Waals surface area contributed by atoms with Crippen LogP contribution < -0.4 is 4.74 Å². The van der Waals surface area contributed by atoms with Gasteiger partial charge in [-0.3, -0.25) is 0 Å². The lowest BCUT2D eigenvalue weighted by atomic mass is 9.99. The van der Waals surface area contributed by atoms with E-state index in [2.05, 4.69) is 33.6 Å². The van der Waals surface area contributed by atoms with Crippen molar-refractivity contribution in [3.05, 3.63) is 29.6 Å². The summed E-state index contributed by atoms with van der Waals surface area (Å²) in [5.41, 5.74) is 5.04. The Kier molecular flexibility index (Phi) is 4.19. The highest BCUT2D eigenvalue weighted by molar-refractivity contribution is 5.84. The molecule has 7 nitrogen and oxygen atoms in total. The summed E-state index contributed by atoms with van der Waals surface area (Å²) in [6, 6.07) is 4.17. The van der Waals surface area contributed by atoms with Gasteiger partial charge < -0.3 is 19.3 Å². The summed E-state index contributed by atoms with van der Waals surface area (Å²) in [6.45, 7) is 4.85. The van der Waals surface area contributed by atoms with Crippen molar-refractivity contribution in [1.29, 1.82) is 0 Å². The zero-order chi connectivity index (χ0) is 19.3. The highest BCUT2D eigenvalue weighted by atomic mass is 16.5. The fourth-order valence-corrected chi connectivity index (χ4v) is 4.57. The molecule has 0 bridgehead atoms. The molecule has 2 aliphatic heterocycles. The molecule has 1 atom stereocenters. The maximum Gasteiger partial charge on any atom is 0.183 e. The van der Waals surface area contributed by atoms with Crippen LogP contribution >= 0.6 is 0 Å². The van der Waals surface area contributed by atoms with Gasteiger partial charge in [-0.25, -0.2) is 4.98 Å². The van der Waals surface area contributed by atoms with Gasteiger partial charge in [0.25, 0.3) is 0 Å². The van der Waals surface area contributed by atoms with Gasteiger partial charge in [0.2, 0.25) is 0 Å². The van der Waals surface area contributed by atoms with E-state index in [4.69, 9.17) is 9.72 Å². The van der Waals surface area contributed by atoms with Gasteiger partial charge >= 0.3 is 0 Å². The fraction of sp³-hybridized carbons (Fsp3) is 0.476. The number of fused-ring (bicyclic) bond motifs is 2. The number of aryl methyl sites for hydroxylation is 1. The Morgan fingerprint density at radius 3 is 3.00 bits per heavy atom. The maximum absolute atomic E-state index is 10.8. The standard InChI is InChI=1S/C21H25N5O2/c1-3-14-18(16-6-7-17-15(20(16)27)8-10-28-17)23-24-21-19(14)22-12-26(21)13-5-4-9-25(2)11-13/h6-7,12-13,27H,3-5,8-11H2,1-2H3/t13-/m1/s1. The topological polar surface area (TPSA) is 76.3 Å². The Bertz CT molecular complexity index is 1040. The average molecular weight is 379 g/mol. The lowest BCUT2D eigenvalue weighted by Gasteiger charge is -2.30. The Balaban J connectivity index is 1.62. The Labute approximate surface area is 164 Å². The summed E-state index contributed by atoms with van der Waals surface area (Å²) >= 11 is 0. The first-order chi connectivity index (χ1) is 13.7. The molecule has 0 saturated carbocycles. The first kappa shape index (κ1) is 17.4. The molecule has 28 heavy (non-hydrogen) atoms. The number of benzene rings is 1. The third kappa shape index (κ3) is 2.64. The Morgan fingerprint density at radius 1 is 1.29 bits per heavy atom. The molecule has 0 aliphatic carbocycles. The van der Waals surface area contributed by atoms with Crippen LogP contribution in [0.15, 0.2) is 18.5 Å². The van der Waals surface area contributed by atoms with Crippen LogP contribution in [-0.4, -0.2) is 56.5 Å². The van der Waals surface area contributed by atoms with Crippen molar-refractivity contribution in [2.24, 2.45) is 0 Å². The second-order valence-corrected chi connectivity index (χ2v) is 7.80. The minimum Gasteiger partial charge on any atom is -0.507 e. The predicted octanol–water partition coefficient (Wildman–Crippen LogP) is 2.96. The maximum atomic E-state index is 10.8. The highest BCUT2D eigenvalue weighted by Gasteiger charge is 2.25. The molecule has 1 saturated heterocycles. The molecule has 1 aromatic carbocycles. The second-order valence-electron chi connectivity index (χ2n) is 7.80. The number of nitrogens with zero attached hydrogens (tertiary/aromatic N) is 5. The van der Waals surface area contributed by atoms with Crippen LogP contribution in [0.25, 0.3) is 22.4 Å². The van der Waals surface area contributed by atoms with E-state index in [9.17, 15) is 5.11 Å². The molecule has 146 valence electrons. The number of piperidine rings is 1. The van der Waals surface area contributed by atoms with Gasteiger partial charge in [0.05, 0.1) is 12.9 Å². The van der Waals surface area contributed by atoms with E-state index in [1.165, 1.54) is 6.42 Å². The quantitative estimate of drug-likeness (QED) is 0.754. The number of phenolic OH excluding ortho intramolecular Hbond substituents is 1. The molecule has 0 spiro atoms. The van der Waals surface area contributed by atoms with Gasteiger partial charge in [0.15, 0.2) is 5.65 Å². The smallest absolute Gasteiger partial charge is 0.183 e. The molecule has 0 radical (unpaired) electrons. The molecule has 7 heteroatoms. The van der Waals surface area contributed by atoms with E-state index >= 15 is 0 Å². The van der Waals surface area contributed by atoms with Crippen LogP contribution in [0, 0.1) is 0 Å². The monoisotopic (exact) mass is 379 g/mol. The molecule has 0 unspecified atom stereocenters. The van der Waals surface area contributed by atoms with Gasteiger partial charge in [0, 0.05) is 35.7 Å². The van der Waals surface area contributed by atoms with E-state index in [1.807, 2.05) is 18.5 Å². The third-order valence-corrected chi connectivity index (χ3v) is 6.04. The van der Waals surface area contributed by atoms with E-state index in [0.717, 1.165) is 60.4 Å². The van der Waals surface area contributed by atoms with Crippen molar-refractivity contribution in [3.63, 3.8) is 0 Å². The van der Waals surface area contributed by atoms with Crippen molar-refractivity contribution < 1.29 is 9.84 Å². The van der Waals surface area contributed by atoms with E-state index in [0.29, 0.717) is 23.9 Å². The zero-order valence-electron chi connectivity index (χ0n) is 16.4. The summed E-state index contributed by atoms with van der Waals surface area (Å²) in [6.07, 6.45) is 5.71. The number of aromatic nitrogens is 4. The van der Waals surface area contributed by atoms with Gasteiger partial charge in [0.1, 0.15) is 22.7 Å². The molecule has 2 aromatic heterocycles. The van der Waals surface area contributed by atoms with Crippen LogP contribution in [0.1, 0.15) is 36.9 Å². The lowest BCUT2D eigenvalue weighted by Crippen LogP contribution is -2.33. The van der Waals surface area contributed by atoms with Gasteiger partial charge in [-0.15, -0.1) is 10.2 Å². The van der Waals surface area contributed by atoms with Gasteiger partial charge in [-0.2, -0.15) is 0 Å². The largest absolute Gasteiger partial charge is 0.507 e. The third-order valence-electron chi connectivity index (χ3n) is 6.04. The summed E-state index contributed by atoms with van der Waals surface area (Å²) in [5.74, 6) is 1.02. The van der Waals surface area contributed by atoms with Crippen LogP contribution in [0.4, 0.5) is 0 Å². The summed E-state index contributed by atoms with van der Waals surface area (Å²) < 4.78 is 7.74. The lowest BCUT2D eigenvalue weighted by molar-refractivity contribution is 0.214. The SMILES string of the molecule is CCc1c(-c2ccc3c(c2O)CCO3)nnc2c1ncn2[C@@H]1CCCN(C)C1. The first-order valence-corrected chi connectivity index (χ1v) is 10.1. The molecule has 3 aromatic rings. The average Bonchev–Trinajstić information content (AvgIpc) is 3.35. The number of aromatic hydroxyl groups is 1. The molecular formula is C21H25N5O2.